The molecular formula is C18H19ClN2O2. The van der Waals surface area contributed by atoms with E-state index in [1.54, 1.807) is 6.20 Å². The first-order valence-corrected chi connectivity index (χ1v) is 8.12. The molecule has 0 spiro atoms. The van der Waals surface area contributed by atoms with Crippen molar-refractivity contribution in [1.29, 1.82) is 0 Å². The number of nitrogens with zero attached hydrogens (tertiary/aromatic N) is 2. The van der Waals surface area contributed by atoms with Crippen molar-refractivity contribution in [2.45, 2.75) is 25.9 Å². The van der Waals surface area contributed by atoms with Gasteiger partial charge in [0.2, 0.25) is 0 Å². The molecule has 5 heteroatoms. The molecule has 0 radical (unpaired) electrons. The van der Waals surface area contributed by atoms with Crippen LogP contribution in [-0.4, -0.2) is 30.5 Å². The van der Waals surface area contributed by atoms with E-state index >= 15 is 0 Å². The van der Waals surface area contributed by atoms with E-state index in [0.29, 0.717) is 10.6 Å². The molecule has 0 atom stereocenters. The molecule has 0 saturated carbocycles. The number of benzene rings is 1. The predicted molar refractivity (Wildman–Crippen MR) is 91.7 cm³/mol. The Labute approximate surface area is 141 Å². The van der Waals surface area contributed by atoms with Crippen LogP contribution < -0.4 is 9.64 Å². The molecule has 0 unspecified atom stereocenters. The predicted octanol–water partition coefficient (Wildman–Crippen LogP) is 3.90. The van der Waals surface area contributed by atoms with Gasteiger partial charge in [-0.25, -0.2) is 4.98 Å². The van der Waals surface area contributed by atoms with Crippen LogP contribution in [0.5, 0.6) is 5.75 Å². The minimum absolute atomic E-state index is 0.178. The van der Waals surface area contributed by atoms with Gasteiger partial charge < -0.3 is 9.64 Å². The van der Waals surface area contributed by atoms with Crippen LogP contribution in [0.4, 0.5) is 5.82 Å². The van der Waals surface area contributed by atoms with Crippen molar-refractivity contribution in [3.8, 4) is 5.75 Å². The third-order valence-corrected chi connectivity index (χ3v) is 4.27. The summed E-state index contributed by atoms with van der Waals surface area (Å²) in [6, 6.07) is 9.32. The minimum atomic E-state index is 0.178. The van der Waals surface area contributed by atoms with Gasteiger partial charge in [-0.2, -0.15) is 0 Å². The minimum Gasteiger partial charge on any atom is -0.490 e. The number of ether oxygens (including phenoxy) is 1. The zero-order chi connectivity index (χ0) is 16.2. The number of aldehydes is 1. The van der Waals surface area contributed by atoms with Crippen LogP contribution >= 0.6 is 11.6 Å². The van der Waals surface area contributed by atoms with E-state index in [9.17, 15) is 4.79 Å². The van der Waals surface area contributed by atoms with Gasteiger partial charge in [-0.15, -0.1) is 0 Å². The SMILES string of the molecule is Cc1cnc(N2CCC(Oc3ccc(Cl)cc3)CC2)c(C=O)c1. The standard InChI is InChI=1S/C18H19ClN2O2/c1-13-10-14(12-22)18(20-11-13)21-8-6-17(7-9-21)23-16-4-2-15(19)3-5-16/h2-5,10-12,17H,6-9H2,1H3. The summed E-state index contributed by atoms with van der Waals surface area (Å²) in [6.45, 7) is 3.60. The second-order valence-corrected chi connectivity index (χ2v) is 6.24. The Kier molecular flexibility index (Phi) is 4.82. The first-order valence-electron chi connectivity index (χ1n) is 7.74. The Morgan fingerprint density at radius 2 is 1.96 bits per heavy atom. The average molecular weight is 331 g/mol. The van der Waals surface area contributed by atoms with Crippen molar-refractivity contribution in [1.82, 2.24) is 4.98 Å². The van der Waals surface area contributed by atoms with Gasteiger partial charge in [-0.05, 0) is 42.8 Å². The summed E-state index contributed by atoms with van der Waals surface area (Å²) in [6.07, 6.45) is 4.66. The summed E-state index contributed by atoms with van der Waals surface area (Å²) >= 11 is 5.88. The average Bonchev–Trinajstić information content (AvgIpc) is 2.58. The lowest BCUT2D eigenvalue weighted by atomic mass is 10.1. The summed E-state index contributed by atoms with van der Waals surface area (Å²) < 4.78 is 5.99. The molecule has 4 nitrogen and oxygen atoms in total. The Bertz CT molecular complexity index is 680. The van der Waals surface area contributed by atoms with Gasteiger partial charge in [0, 0.05) is 37.2 Å². The topological polar surface area (TPSA) is 42.4 Å². The van der Waals surface area contributed by atoms with Crippen molar-refractivity contribution in [3.05, 3.63) is 52.7 Å². The molecular weight excluding hydrogens is 312 g/mol. The molecule has 23 heavy (non-hydrogen) atoms. The second-order valence-electron chi connectivity index (χ2n) is 5.80. The fourth-order valence-corrected chi connectivity index (χ4v) is 2.95. The molecule has 1 aromatic heterocycles. The van der Waals surface area contributed by atoms with Gasteiger partial charge in [0.05, 0.1) is 5.56 Å². The zero-order valence-electron chi connectivity index (χ0n) is 13.0. The molecule has 0 bridgehead atoms. The van der Waals surface area contributed by atoms with Crippen LogP contribution in [0.1, 0.15) is 28.8 Å². The number of aromatic nitrogens is 1. The summed E-state index contributed by atoms with van der Waals surface area (Å²) in [7, 11) is 0. The van der Waals surface area contributed by atoms with E-state index in [1.165, 1.54) is 0 Å². The fourth-order valence-electron chi connectivity index (χ4n) is 2.83. The number of pyridine rings is 1. The van der Waals surface area contributed by atoms with E-state index in [-0.39, 0.29) is 6.10 Å². The number of hydrogen-bond acceptors (Lipinski definition) is 4. The van der Waals surface area contributed by atoms with Crippen molar-refractivity contribution in [2.24, 2.45) is 0 Å². The second kappa shape index (κ2) is 7.01. The van der Waals surface area contributed by atoms with E-state index in [0.717, 1.165) is 49.3 Å². The molecule has 2 heterocycles. The highest BCUT2D eigenvalue weighted by Crippen LogP contribution is 2.25. The summed E-state index contributed by atoms with van der Waals surface area (Å²) in [4.78, 5) is 17.8. The first-order chi connectivity index (χ1) is 11.2. The maximum atomic E-state index is 11.3. The first kappa shape index (κ1) is 15.8. The molecule has 2 aromatic rings. The van der Waals surface area contributed by atoms with Crippen LogP contribution in [-0.2, 0) is 0 Å². The van der Waals surface area contributed by atoms with Crippen molar-refractivity contribution >= 4 is 23.7 Å². The Morgan fingerprint density at radius 1 is 1.26 bits per heavy atom. The van der Waals surface area contributed by atoms with Crippen LogP contribution in [0, 0.1) is 6.92 Å². The number of anilines is 1. The number of piperidine rings is 1. The van der Waals surface area contributed by atoms with Gasteiger partial charge in [0.25, 0.3) is 0 Å². The quantitative estimate of drug-likeness (QED) is 0.797. The molecule has 1 fully saturated rings. The summed E-state index contributed by atoms with van der Waals surface area (Å²) in [5, 5.41) is 0.707. The largest absolute Gasteiger partial charge is 0.490 e. The van der Waals surface area contributed by atoms with E-state index in [4.69, 9.17) is 16.3 Å². The highest BCUT2D eigenvalue weighted by Gasteiger charge is 2.23. The Morgan fingerprint density at radius 3 is 2.61 bits per heavy atom. The van der Waals surface area contributed by atoms with Crippen molar-refractivity contribution < 1.29 is 9.53 Å². The third-order valence-electron chi connectivity index (χ3n) is 4.02. The maximum absolute atomic E-state index is 11.3. The zero-order valence-corrected chi connectivity index (χ0v) is 13.8. The smallest absolute Gasteiger partial charge is 0.153 e. The van der Waals surface area contributed by atoms with Crippen LogP contribution in [0.2, 0.25) is 5.02 Å². The number of carbonyl (C=O) groups is 1. The van der Waals surface area contributed by atoms with Crippen LogP contribution in [0.25, 0.3) is 0 Å². The molecule has 0 N–H and O–H groups in total. The number of rotatable bonds is 4. The number of halogens is 1. The lowest BCUT2D eigenvalue weighted by molar-refractivity contribution is 0.112. The summed E-state index contributed by atoms with van der Waals surface area (Å²) in [5.74, 6) is 1.62. The maximum Gasteiger partial charge on any atom is 0.153 e. The molecule has 120 valence electrons. The lowest BCUT2D eigenvalue weighted by Gasteiger charge is -2.33. The van der Waals surface area contributed by atoms with Gasteiger partial charge in [-0.3, -0.25) is 4.79 Å². The van der Waals surface area contributed by atoms with Gasteiger partial charge in [0.1, 0.15) is 17.7 Å². The summed E-state index contributed by atoms with van der Waals surface area (Å²) in [5.41, 5.74) is 1.65. The van der Waals surface area contributed by atoms with Crippen molar-refractivity contribution in [2.75, 3.05) is 18.0 Å². The fraction of sp³-hybridized carbons (Fsp3) is 0.333. The molecule has 3 rings (SSSR count). The monoisotopic (exact) mass is 330 g/mol. The highest BCUT2D eigenvalue weighted by molar-refractivity contribution is 6.30. The van der Waals surface area contributed by atoms with Gasteiger partial charge >= 0.3 is 0 Å². The highest BCUT2D eigenvalue weighted by atomic mass is 35.5. The normalized spacial score (nSPS) is 15.5. The lowest BCUT2D eigenvalue weighted by Crippen LogP contribution is -2.39. The Balaban J connectivity index is 1.62. The molecule has 0 aliphatic carbocycles. The van der Waals surface area contributed by atoms with Crippen LogP contribution in [0.15, 0.2) is 36.5 Å². The molecule has 1 saturated heterocycles. The molecule has 1 aromatic carbocycles. The molecule has 1 aliphatic heterocycles. The van der Waals surface area contributed by atoms with E-state index in [1.807, 2.05) is 37.3 Å². The third kappa shape index (κ3) is 3.82. The van der Waals surface area contributed by atoms with E-state index in [2.05, 4.69) is 9.88 Å². The number of carbonyl (C=O) groups excluding carboxylic acids is 1. The van der Waals surface area contributed by atoms with Gasteiger partial charge in [-0.1, -0.05) is 11.6 Å². The Hall–Kier alpha value is -2.07. The van der Waals surface area contributed by atoms with Gasteiger partial charge in [0.15, 0.2) is 6.29 Å². The van der Waals surface area contributed by atoms with Crippen LogP contribution in [0.3, 0.4) is 0 Å². The van der Waals surface area contributed by atoms with E-state index < -0.39 is 0 Å². The molecule has 1 aliphatic rings. The number of aryl methyl sites for hydroxylation is 1. The molecule has 0 amide bonds. The van der Waals surface area contributed by atoms with Crippen molar-refractivity contribution in [3.63, 3.8) is 0 Å². The number of hydrogen-bond donors (Lipinski definition) is 0.